The van der Waals surface area contributed by atoms with E-state index in [0.29, 0.717) is 26.1 Å². The number of hydrogen-bond donors (Lipinski definition) is 0. The van der Waals surface area contributed by atoms with Gasteiger partial charge in [-0.2, -0.15) is 26.3 Å². The van der Waals surface area contributed by atoms with Crippen molar-refractivity contribution in [1.29, 1.82) is 0 Å². The zero-order valence-electron chi connectivity index (χ0n) is 22.1. The zero-order valence-corrected chi connectivity index (χ0v) is 22.1. The first-order valence-corrected chi connectivity index (χ1v) is 13.1. The van der Waals surface area contributed by atoms with Crippen molar-refractivity contribution >= 4 is 11.8 Å². The van der Waals surface area contributed by atoms with Gasteiger partial charge in [0.1, 0.15) is 0 Å². The predicted molar refractivity (Wildman–Crippen MR) is 131 cm³/mol. The first-order valence-electron chi connectivity index (χ1n) is 13.1. The minimum Gasteiger partial charge on any atom is -0.426 e. The van der Waals surface area contributed by atoms with E-state index in [0.717, 1.165) is 44.0 Å². The van der Waals surface area contributed by atoms with Gasteiger partial charge in [0.15, 0.2) is 0 Å². The van der Waals surface area contributed by atoms with Gasteiger partial charge in [-0.1, -0.05) is 26.0 Å². The summed E-state index contributed by atoms with van der Waals surface area (Å²) in [6.45, 7) is 11.7. The third-order valence-electron chi connectivity index (χ3n) is 7.44. The van der Waals surface area contributed by atoms with Gasteiger partial charge in [-0.25, -0.2) is 4.79 Å². The van der Waals surface area contributed by atoms with E-state index in [-0.39, 0.29) is 18.5 Å². The van der Waals surface area contributed by atoms with Crippen LogP contribution in [0, 0.1) is 12.3 Å². The Morgan fingerprint density at radius 2 is 1.55 bits per heavy atom. The summed E-state index contributed by atoms with van der Waals surface area (Å²) < 4.78 is 85.7. The van der Waals surface area contributed by atoms with Crippen molar-refractivity contribution in [3.05, 3.63) is 29.3 Å². The average Bonchev–Trinajstić information content (AvgIpc) is 3.26. The van der Waals surface area contributed by atoms with E-state index in [9.17, 15) is 31.1 Å². The molecule has 3 aliphatic heterocycles. The Morgan fingerprint density at radius 1 is 0.974 bits per heavy atom. The second-order valence-electron chi connectivity index (χ2n) is 10.0. The Morgan fingerprint density at radius 3 is 2.13 bits per heavy atom. The summed E-state index contributed by atoms with van der Waals surface area (Å²) in [6, 6.07) is 6.44. The highest BCUT2D eigenvalue weighted by molar-refractivity contribution is 5.68. The smallest absolute Gasteiger partial charge is 0.426 e. The Kier molecular flexibility index (Phi) is 9.83. The highest BCUT2D eigenvalue weighted by Crippen LogP contribution is 2.42. The summed E-state index contributed by atoms with van der Waals surface area (Å²) in [5.41, 5.74) is 3.48. The minimum atomic E-state index is -5.71. The van der Waals surface area contributed by atoms with Crippen molar-refractivity contribution in [2.45, 2.75) is 65.0 Å². The van der Waals surface area contributed by atoms with Crippen LogP contribution in [0.15, 0.2) is 18.2 Å². The molecule has 12 heteroatoms. The van der Waals surface area contributed by atoms with Crippen molar-refractivity contribution < 1.29 is 40.6 Å². The largest absolute Gasteiger partial charge is 0.434 e. The number of morpholine rings is 1. The van der Waals surface area contributed by atoms with Crippen LogP contribution in [0.4, 0.5) is 36.8 Å². The van der Waals surface area contributed by atoms with Gasteiger partial charge < -0.3 is 19.3 Å². The molecule has 0 unspecified atom stereocenters. The highest BCUT2D eigenvalue weighted by Gasteiger charge is 2.60. The first kappa shape index (κ1) is 30.3. The molecule has 1 aromatic carbocycles. The minimum absolute atomic E-state index is 0.0703. The van der Waals surface area contributed by atoms with Gasteiger partial charge >= 0.3 is 18.4 Å². The van der Waals surface area contributed by atoms with Crippen molar-refractivity contribution in [1.82, 2.24) is 9.80 Å². The summed E-state index contributed by atoms with van der Waals surface area (Å²) in [5, 5.41) is 0. The lowest BCUT2D eigenvalue weighted by Crippen LogP contribution is -2.50. The summed E-state index contributed by atoms with van der Waals surface area (Å²) in [7, 11) is 0. The van der Waals surface area contributed by atoms with Gasteiger partial charge in [0, 0.05) is 45.0 Å². The van der Waals surface area contributed by atoms with Crippen LogP contribution in [-0.2, 0) is 16.0 Å². The molecule has 4 rings (SSSR count). The lowest BCUT2D eigenvalue weighted by molar-refractivity contribution is -0.308. The van der Waals surface area contributed by atoms with Gasteiger partial charge in [-0.3, -0.25) is 4.90 Å². The number of rotatable bonds is 4. The number of nitrogens with zero attached hydrogens (tertiary/aromatic N) is 3. The molecule has 0 radical (unpaired) electrons. The van der Waals surface area contributed by atoms with Crippen LogP contribution in [-0.4, -0.2) is 86.8 Å². The molecule has 1 amide bonds. The molecule has 3 saturated heterocycles. The summed E-state index contributed by atoms with van der Waals surface area (Å²) in [5.74, 6) is 0. The van der Waals surface area contributed by atoms with Gasteiger partial charge in [-0.15, -0.1) is 0 Å². The first-order chi connectivity index (χ1) is 17.9. The average molecular weight is 554 g/mol. The molecule has 3 fully saturated rings. The number of likely N-dealkylation sites (tertiary alicyclic amines) is 2. The number of hydrogen-bond acceptors (Lipinski definition) is 5. The molecule has 0 aromatic heterocycles. The number of benzene rings is 1. The summed E-state index contributed by atoms with van der Waals surface area (Å²) in [6.07, 6.45) is -15.2. The van der Waals surface area contributed by atoms with Gasteiger partial charge in [0.05, 0.1) is 13.2 Å². The molecule has 0 saturated carbocycles. The van der Waals surface area contributed by atoms with Crippen LogP contribution in [0.2, 0.25) is 0 Å². The Balaban J connectivity index is 0.00000195. The maximum atomic E-state index is 12.7. The van der Waals surface area contributed by atoms with E-state index < -0.39 is 24.5 Å². The Bertz CT molecular complexity index is 912. The van der Waals surface area contributed by atoms with E-state index in [1.165, 1.54) is 16.8 Å². The number of carbonyl (C=O) groups excluding carboxylic acids is 1. The molecule has 1 aromatic rings. The normalized spacial score (nSPS) is 20.5. The molecular weight excluding hydrogens is 516 g/mol. The number of carbonyl (C=O) groups is 1. The van der Waals surface area contributed by atoms with Crippen LogP contribution in [0.25, 0.3) is 0 Å². The van der Waals surface area contributed by atoms with Gasteiger partial charge in [-0.05, 0) is 55.3 Å². The second-order valence-corrected chi connectivity index (χ2v) is 10.0. The fourth-order valence-corrected chi connectivity index (χ4v) is 5.39. The molecule has 0 aliphatic carbocycles. The number of alkyl halides is 6. The topological polar surface area (TPSA) is 45.2 Å². The molecule has 0 bridgehead atoms. The van der Waals surface area contributed by atoms with Crippen molar-refractivity contribution in [2.75, 3.05) is 57.4 Å². The lowest BCUT2D eigenvalue weighted by atomic mass is 9.78. The number of aryl methyl sites for hydroxylation is 1. The molecular formula is C26H37F6N3O3. The van der Waals surface area contributed by atoms with Crippen molar-refractivity contribution in [2.24, 2.45) is 5.41 Å². The second kappa shape index (κ2) is 12.3. The van der Waals surface area contributed by atoms with Crippen LogP contribution in [0.3, 0.4) is 0 Å². The third-order valence-corrected chi connectivity index (χ3v) is 7.44. The van der Waals surface area contributed by atoms with E-state index in [4.69, 9.17) is 4.74 Å². The number of halogens is 6. The highest BCUT2D eigenvalue weighted by atomic mass is 19.4. The fourth-order valence-electron chi connectivity index (χ4n) is 5.39. The standard InChI is InChI=1S/C24H31F6N3O3.C2H6/c1-17-2-3-18(14-19(17)32-10-12-35-13-11-32)15-31-7-4-22(16-31)5-8-33(9-6-22)21(34)36-20(23(25,26)27)24(28,29)30;1-2/h2-3,14,20H,4-13,15-16H2,1H3;1-2H3. The van der Waals surface area contributed by atoms with Crippen LogP contribution in [0.1, 0.15) is 44.2 Å². The quantitative estimate of drug-likeness (QED) is 0.443. The molecule has 3 aliphatic rings. The Labute approximate surface area is 219 Å². The van der Waals surface area contributed by atoms with E-state index in [2.05, 4.69) is 39.7 Å². The van der Waals surface area contributed by atoms with Crippen molar-refractivity contribution in [3.63, 3.8) is 0 Å². The maximum Gasteiger partial charge on any atom is 0.434 e. The number of amides is 1. The predicted octanol–water partition coefficient (Wildman–Crippen LogP) is 5.78. The fraction of sp³-hybridized carbons (Fsp3) is 0.731. The van der Waals surface area contributed by atoms with E-state index in [1.807, 2.05) is 13.8 Å². The SMILES string of the molecule is CC.Cc1ccc(CN2CCC3(CCN(C(=O)OC(C(F)(F)F)C(F)(F)F)CC3)C2)cc1N1CCOCC1. The Hall–Kier alpha value is -2.21. The zero-order chi connectivity index (χ0) is 28.1. The molecule has 38 heavy (non-hydrogen) atoms. The van der Waals surface area contributed by atoms with Gasteiger partial charge in [0.25, 0.3) is 6.10 Å². The van der Waals surface area contributed by atoms with E-state index >= 15 is 0 Å². The molecule has 0 N–H and O–H groups in total. The number of ether oxygens (including phenoxy) is 2. The molecule has 3 heterocycles. The molecule has 1 spiro atoms. The lowest BCUT2D eigenvalue weighted by Gasteiger charge is -2.39. The van der Waals surface area contributed by atoms with Gasteiger partial charge in [0.2, 0.25) is 0 Å². The van der Waals surface area contributed by atoms with Crippen LogP contribution >= 0.6 is 0 Å². The molecule has 216 valence electrons. The molecule has 0 atom stereocenters. The van der Waals surface area contributed by atoms with Crippen LogP contribution in [0.5, 0.6) is 0 Å². The van der Waals surface area contributed by atoms with E-state index in [1.54, 1.807) is 0 Å². The number of anilines is 1. The summed E-state index contributed by atoms with van der Waals surface area (Å²) >= 11 is 0. The monoisotopic (exact) mass is 553 g/mol. The van der Waals surface area contributed by atoms with Crippen LogP contribution < -0.4 is 4.90 Å². The maximum absolute atomic E-state index is 12.7. The number of piperidine rings is 1. The summed E-state index contributed by atoms with van der Waals surface area (Å²) in [4.78, 5) is 17.7. The van der Waals surface area contributed by atoms with Crippen molar-refractivity contribution in [3.8, 4) is 0 Å². The molecule has 6 nitrogen and oxygen atoms in total. The third kappa shape index (κ3) is 7.46.